The number of ether oxygens (including phenoxy) is 1. The van der Waals surface area contributed by atoms with Crippen LogP contribution in [-0.2, 0) is 6.54 Å². The lowest BCUT2D eigenvalue weighted by Crippen LogP contribution is -2.43. The smallest absolute Gasteiger partial charge is 0.120 e. The van der Waals surface area contributed by atoms with Crippen LogP contribution >= 0.6 is 11.8 Å². The van der Waals surface area contributed by atoms with Crippen LogP contribution in [0, 0.1) is 0 Å². The molecule has 1 fully saturated rings. The highest BCUT2D eigenvalue weighted by atomic mass is 32.2. The van der Waals surface area contributed by atoms with Crippen molar-refractivity contribution in [1.82, 2.24) is 5.32 Å². The summed E-state index contributed by atoms with van der Waals surface area (Å²) in [5.74, 6) is 1.11. The van der Waals surface area contributed by atoms with Gasteiger partial charge in [-0.3, -0.25) is 0 Å². The molecule has 0 amide bonds. The second kappa shape index (κ2) is 5.85. The van der Waals surface area contributed by atoms with Crippen LogP contribution in [0.25, 0.3) is 0 Å². The van der Waals surface area contributed by atoms with Crippen molar-refractivity contribution in [3.05, 3.63) is 23.8 Å². The van der Waals surface area contributed by atoms with Crippen LogP contribution in [0.1, 0.15) is 24.8 Å². The van der Waals surface area contributed by atoms with E-state index in [0.29, 0.717) is 17.0 Å². The molecule has 0 aliphatic heterocycles. The molecule has 1 saturated carbocycles. The zero-order chi connectivity index (χ0) is 13.0. The van der Waals surface area contributed by atoms with Gasteiger partial charge >= 0.3 is 0 Å². The molecule has 18 heavy (non-hydrogen) atoms. The largest absolute Gasteiger partial charge is 0.508 e. The highest BCUT2D eigenvalue weighted by Gasteiger charge is 2.35. The fourth-order valence-electron chi connectivity index (χ4n) is 2.28. The van der Waals surface area contributed by atoms with Crippen molar-refractivity contribution in [2.24, 2.45) is 0 Å². The fourth-order valence-corrected chi connectivity index (χ4v) is 3.22. The number of methoxy groups -OCH3 is 1. The van der Waals surface area contributed by atoms with E-state index in [1.807, 2.05) is 17.8 Å². The average Bonchev–Trinajstić information content (AvgIpc) is 2.35. The maximum Gasteiger partial charge on any atom is 0.120 e. The molecule has 1 aromatic rings. The van der Waals surface area contributed by atoms with Crippen molar-refractivity contribution in [3.63, 3.8) is 0 Å². The van der Waals surface area contributed by atoms with Crippen LogP contribution in [0.3, 0.4) is 0 Å². The lowest BCUT2D eigenvalue weighted by atomic mass is 9.84. The quantitative estimate of drug-likeness (QED) is 0.831. The summed E-state index contributed by atoms with van der Waals surface area (Å²) in [5.41, 5.74) is 0.893. The summed E-state index contributed by atoms with van der Waals surface area (Å²) >= 11 is 1.96. The van der Waals surface area contributed by atoms with Gasteiger partial charge in [-0.05, 0) is 37.3 Å². The minimum absolute atomic E-state index is 0.329. The topological polar surface area (TPSA) is 41.5 Å². The SMILES string of the molecule is COc1ccc(O)c(CNCC2(SC)CCC2)c1. The molecule has 1 aliphatic rings. The van der Waals surface area contributed by atoms with Gasteiger partial charge in [0.2, 0.25) is 0 Å². The minimum Gasteiger partial charge on any atom is -0.508 e. The molecule has 1 aromatic carbocycles. The van der Waals surface area contributed by atoms with Crippen LogP contribution in [0.5, 0.6) is 11.5 Å². The summed E-state index contributed by atoms with van der Waals surface area (Å²) in [6, 6.07) is 5.34. The Hall–Kier alpha value is -0.870. The molecule has 0 aromatic heterocycles. The second-order valence-corrected chi connectivity index (χ2v) is 6.11. The molecule has 0 saturated heterocycles. The van der Waals surface area contributed by atoms with Crippen molar-refractivity contribution >= 4 is 11.8 Å². The summed E-state index contributed by atoms with van der Waals surface area (Å²) in [4.78, 5) is 0. The number of benzene rings is 1. The Morgan fingerprint density at radius 3 is 2.78 bits per heavy atom. The van der Waals surface area contributed by atoms with Crippen molar-refractivity contribution in [2.45, 2.75) is 30.6 Å². The standard InChI is InChI=1S/C14H21NO2S/c1-17-12-4-5-13(16)11(8-12)9-15-10-14(18-2)6-3-7-14/h4-5,8,15-16H,3,6-7,9-10H2,1-2H3. The zero-order valence-corrected chi connectivity index (χ0v) is 11.8. The van der Waals surface area contributed by atoms with Gasteiger partial charge in [0, 0.05) is 23.4 Å². The van der Waals surface area contributed by atoms with E-state index >= 15 is 0 Å². The van der Waals surface area contributed by atoms with Crippen molar-refractivity contribution in [1.29, 1.82) is 0 Å². The Labute approximate surface area is 113 Å². The molecule has 100 valence electrons. The molecular formula is C14H21NO2S. The molecule has 0 atom stereocenters. The first-order chi connectivity index (χ1) is 8.69. The average molecular weight is 267 g/mol. The molecule has 0 heterocycles. The number of hydrogen-bond donors (Lipinski definition) is 2. The summed E-state index contributed by atoms with van der Waals surface area (Å²) in [6.45, 7) is 1.69. The Kier molecular flexibility index (Phi) is 4.40. The monoisotopic (exact) mass is 267 g/mol. The van der Waals surface area contributed by atoms with E-state index in [0.717, 1.165) is 17.9 Å². The van der Waals surface area contributed by atoms with Gasteiger partial charge in [0.1, 0.15) is 11.5 Å². The van der Waals surface area contributed by atoms with Gasteiger partial charge < -0.3 is 15.2 Å². The molecule has 0 bridgehead atoms. The van der Waals surface area contributed by atoms with E-state index in [1.165, 1.54) is 19.3 Å². The van der Waals surface area contributed by atoms with E-state index < -0.39 is 0 Å². The van der Waals surface area contributed by atoms with E-state index in [9.17, 15) is 5.11 Å². The summed E-state index contributed by atoms with van der Waals surface area (Å²) < 4.78 is 5.59. The molecule has 4 heteroatoms. The van der Waals surface area contributed by atoms with Crippen LogP contribution in [0.2, 0.25) is 0 Å². The first-order valence-corrected chi connectivity index (χ1v) is 7.53. The van der Waals surface area contributed by atoms with Gasteiger partial charge in [-0.25, -0.2) is 0 Å². The van der Waals surface area contributed by atoms with Crippen LogP contribution in [0.4, 0.5) is 0 Å². The van der Waals surface area contributed by atoms with Gasteiger partial charge in [0.15, 0.2) is 0 Å². The molecular weight excluding hydrogens is 246 g/mol. The Morgan fingerprint density at radius 1 is 1.44 bits per heavy atom. The number of nitrogens with one attached hydrogen (secondary N) is 1. The van der Waals surface area contributed by atoms with Gasteiger partial charge in [-0.15, -0.1) is 0 Å². The third-order valence-corrected chi connectivity index (χ3v) is 5.17. The normalized spacial score (nSPS) is 17.2. The second-order valence-electron chi connectivity index (χ2n) is 4.84. The van der Waals surface area contributed by atoms with E-state index in [-0.39, 0.29) is 0 Å². The van der Waals surface area contributed by atoms with Crippen molar-refractivity contribution in [3.8, 4) is 11.5 Å². The van der Waals surface area contributed by atoms with E-state index in [4.69, 9.17) is 4.74 Å². The number of phenolic OH excluding ortho intramolecular Hbond substituents is 1. The Morgan fingerprint density at radius 2 is 2.22 bits per heavy atom. The zero-order valence-electron chi connectivity index (χ0n) is 11.0. The molecule has 2 N–H and O–H groups in total. The lowest BCUT2D eigenvalue weighted by Gasteiger charge is -2.40. The first-order valence-electron chi connectivity index (χ1n) is 6.31. The summed E-state index contributed by atoms with van der Waals surface area (Å²) in [6.07, 6.45) is 6.12. The molecule has 2 rings (SSSR count). The minimum atomic E-state index is 0.329. The van der Waals surface area contributed by atoms with Gasteiger partial charge in [-0.2, -0.15) is 11.8 Å². The number of phenols is 1. The maximum atomic E-state index is 9.79. The third kappa shape index (κ3) is 2.93. The van der Waals surface area contributed by atoms with Crippen LogP contribution < -0.4 is 10.1 Å². The van der Waals surface area contributed by atoms with Gasteiger partial charge in [-0.1, -0.05) is 6.42 Å². The van der Waals surface area contributed by atoms with Crippen LogP contribution in [-0.4, -0.2) is 29.8 Å². The number of rotatable bonds is 6. The number of hydrogen-bond acceptors (Lipinski definition) is 4. The molecule has 1 aliphatic carbocycles. The van der Waals surface area contributed by atoms with E-state index in [1.54, 1.807) is 19.2 Å². The fraction of sp³-hybridized carbons (Fsp3) is 0.571. The number of aromatic hydroxyl groups is 1. The molecule has 0 radical (unpaired) electrons. The maximum absolute atomic E-state index is 9.79. The molecule has 0 spiro atoms. The van der Waals surface area contributed by atoms with Crippen LogP contribution in [0.15, 0.2) is 18.2 Å². The van der Waals surface area contributed by atoms with Gasteiger partial charge in [0.25, 0.3) is 0 Å². The predicted molar refractivity (Wildman–Crippen MR) is 76.5 cm³/mol. The highest BCUT2D eigenvalue weighted by Crippen LogP contribution is 2.42. The van der Waals surface area contributed by atoms with E-state index in [2.05, 4.69) is 11.6 Å². The Bertz CT molecular complexity index is 399. The molecule has 0 unspecified atom stereocenters. The summed E-state index contributed by atoms with van der Waals surface area (Å²) in [7, 11) is 1.64. The lowest BCUT2D eigenvalue weighted by molar-refractivity contribution is 0.344. The Balaban J connectivity index is 1.89. The first kappa shape index (κ1) is 13.6. The third-order valence-electron chi connectivity index (χ3n) is 3.75. The van der Waals surface area contributed by atoms with Crippen molar-refractivity contribution < 1.29 is 9.84 Å². The molecule has 3 nitrogen and oxygen atoms in total. The number of thioether (sulfide) groups is 1. The highest BCUT2D eigenvalue weighted by molar-refractivity contribution is 8.00. The van der Waals surface area contributed by atoms with Gasteiger partial charge in [0.05, 0.1) is 7.11 Å². The predicted octanol–water partition coefficient (Wildman–Crippen LogP) is 2.78. The summed E-state index contributed by atoms with van der Waals surface area (Å²) in [5, 5.41) is 13.2. The van der Waals surface area contributed by atoms with Crippen molar-refractivity contribution in [2.75, 3.05) is 19.9 Å².